The number of Topliss-reactive ketones (excluding diaryl/α,β-unsaturated/α-hetero) is 1. The van der Waals surface area contributed by atoms with Gasteiger partial charge in [-0.05, 0) is 25.5 Å². The second-order valence-corrected chi connectivity index (χ2v) is 4.80. The lowest BCUT2D eigenvalue weighted by atomic mass is 10.1. The average molecular weight is 324 g/mol. The van der Waals surface area contributed by atoms with Crippen LogP contribution in [0.1, 0.15) is 30.1 Å². The third-order valence-electron chi connectivity index (χ3n) is 2.99. The van der Waals surface area contributed by atoms with Crippen LogP contribution in [0.5, 0.6) is 0 Å². The summed E-state index contributed by atoms with van der Waals surface area (Å²) in [4.78, 5) is 56.5. The van der Waals surface area contributed by atoms with Crippen molar-refractivity contribution < 1.29 is 29.4 Å². The van der Waals surface area contributed by atoms with E-state index in [1.807, 2.05) is 0 Å². The first-order chi connectivity index (χ1) is 10.7. The van der Waals surface area contributed by atoms with Gasteiger partial charge in [0.25, 0.3) is 5.56 Å². The number of nitrogens with one attached hydrogen (secondary N) is 1. The van der Waals surface area contributed by atoms with Crippen molar-refractivity contribution in [1.29, 1.82) is 0 Å². The number of hydrogen-bond acceptors (Lipinski definition) is 5. The molecule has 0 aliphatic heterocycles. The Bertz CT molecular complexity index is 693. The van der Waals surface area contributed by atoms with Gasteiger partial charge in [-0.2, -0.15) is 0 Å². The monoisotopic (exact) mass is 324 g/mol. The molecule has 124 valence electrons. The minimum atomic E-state index is -1.37. The van der Waals surface area contributed by atoms with Gasteiger partial charge in [-0.3, -0.25) is 19.2 Å². The summed E-state index contributed by atoms with van der Waals surface area (Å²) < 4.78 is 0.974. The highest BCUT2D eigenvalue weighted by atomic mass is 16.4. The summed E-state index contributed by atoms with van der Waals surface area (Å²) >= 11 is 0. The Kier molecular flexibility index (Phi) is 6.19. The molecule has 0 unspecified atom stereocenters. The maximum atomic E-state index is 11.9. The van der Waals surface area contributed by atoms with Crippen molar-refractivity contribution in [1.82, 2.24) is 9.88 Å². The number of pyridine rings is 1. The summed E-state index contributed by atoms with van der Waals surface area (Å²) in [7, 11) is 0. The van der Waals surface area contributed by atoms with Gasteiger partial charge in [-0.15, -0.1) is 0 Å². The fraction of sp³-hybridized carbons (Fsp3) is 0.357. The third-order valence-corrected chi connectivity index (χ3v) is 2.99. The van der Waals surface area contributed by atoms with Gasteiger partial charge < -0.3 is 20.1 Å². The molecule has 0 saturated heterocycles. The molecule has 1 amide bonds. The Morgan fingerprint density at radius 2 is 1.91 bits per heavy atom. The van der Waals surface area contributed by atoms with Gasteiger partial charge >= 0.3 is 11.9 Å². The molecule has 1 atom stereocenters. The molecule has 1 rings (SSSR count). The molecule has 9 heteroatoms. The van der Waals surface area contributed by atoms with E-state index in [0.29, 0.717) is 0 Å². The van der Waals surface area contributed by atoms with Crippen LogP contribution in [0.2, 0.25) is 0 Å². The number of ketones is 1. The molecule has 0 saturated carbocycles. The lowest BCUT2D eigenvalue weighted by Gasteiger charge is -2.14. The van der Waals surface area contributed by atoms with Crippen molar-refractivity contribution in [2.75, 3.05) is 0 Å². The molecule has 0 bridgehead atoms. The number of carbonyl (C=O) groups is 4. The average Bonchev–Trinajstić information content (AvgIpc) is 2.44. The number of nitrogens with zero attached hydrogens (tertiary/aromatic N) is 1. The molecular formula is C14H16N2O7. The van der Waals surface area contributed by atoms with Crippen molar-refractivity contribution in [2.24, 2.45) is 0 Å². The van der Waals surface area contributed by atoms with Gasteiger partial charge in [0.05, 0.1) is 5.56 Å². The number of carboxylic acid groups (broad SMARTS) is 2. The molecule has 0 radical (unpaired) electrons. The minimum Gasteiger partial charge on any atom is -0.481 e. The molecule has 0 aliphatic carbocycles. The third kappa shape index (κ3) is 5.38. The van der Waals surface area contributed by atoms with E-state index in [1.54, 1.807) is 0 Å². The first kappa shape index (κ1) is 18.1. The lowest BCUT2D eigenvalue weighted by molar-refractivity contribution is -0.143. The zero-order chi connectivity index (χ0) is 17.6. The molecule has 3 N–H and O–H groups in total. The molecule has 1 heterocycles. The van der Waals surface area contributed by atoms with Gasteiger partial charge in [-0.25, -0.2) is 4.79 Å². The van der Waals surface area contributed by atoms with E-state index in [4.69, 9.17) is 10.2 Å². The van der Waals surface area contributed by atoms with Gasteiger partial charge in [-0.1, -0.05) is 0 Å². The zero-order valence-electron chi connectivity index (χ0n) is 12.3. The second-order valence-electron chi connectivity index (χ2n) is 4.80. The van der Waals surface area contributed by atoms with Crippen molar-refractivity contribution in [2.45, 2.75) is 32.4 Å². The molecule has 0 aliphatic rings. The van der Waals surface area contributed by atoms with Gasteiger partial charge in [0, 0.05) is 12.6 Å². The number of rotatable bonds is 8. The first-order valence-corrected chi connectivity index (χ1v) is 6.66. The Hall–Kier alpha value is -2.97. The number of carboxylic acids is 2. The molecule has 1 aromatic rings. The highest BCUT2D eigenvalue weighted by molar-refractivity contribution is 5.93. The van der Waals surface area contributed by atoms with Crippen LogP contribution in [0.15, 0.2) is 23.1 Å². The van der Waals surface area contributed by atoms with Crippen LogP contribution in [-0.4, -0.2) is 44.5 Å². The van der Waals surface area contributed by atoms with Gasteiger partial charge in [0.15, 0.2) is 5.78 Å². The number of amides is 1. The van der Waals surface area contributed by atoms with E-state index in [9.17, 15) is 24.0 Å². The molecule has 23 heavy (non-hydrogen) atoms. The van der Waals surface area contributed by atoms with E-state index in [2.05, 4.69) is 5.32 Å². The van der Waals surface area contributed by atoms with E-state index in [-0.39, 0.29) is 12.0 Å². The standard InChI is InChI=1S/C14H16N2O7/c1-8(17)9-3-2-6-16(13(9)21)7-11(18)15-10(14(22)23)4-5-12(19)20/h2-3,6,10H,4-5,7H2,1H3,(H,15,18)(H,19,20)(H,22,23)/t10-/m0/s1. The fourth-order valence-corrected chi connectivity index (χ4v) is 1.85. The van der Waals surface area contributed by atoms with Crippen LogP contribution in [0.3, 0.4) is 0 Å². The summed E-state index contributed by atoms with van der Waals surface area (Å²) in [5, 5.41) is 19.7. The normalized spacial score (nSPS) is 11.5. The minimum absolute atomic E-state index is 0.0824. The molecule has 0 spiro atoms. The van der Waals surface area contributed by atoms with Crippen molar-refractivity contribution in [3.05, 3.63) is 34.2 Å². The highest BCUT2D eigenvalue weighted by Gasteiger charge is 2.21. The van der Waals surface area contributed by atoms with E-state index < -0.39 is 48.2 Å². The largest absolute Gasteiger partial charge is 0.481 e. The predicted octanol–water partition coefficient (Wildman–Crippen LogP) is -0.515. The van der Waals surface area contributed by atoms with Gasteiger partial charge in [0.2, 0.25) is 5.91 Å². The Morgan fingerprint density at radius 3 is 2.43 bits per heavy atom. The summed E-state index contributed by atoms with van der Waals surface area (Å²) in [5.41, 5.74) is -0.742. The Morgan fingerprint density at radius 1 is 1.26 bits per heavy atom. The smallest absolute Gasteiger partial charge is 0.326 e. The van der Waals surface area contributed by atoms with E-state index in [0.717, 1.165) is 4.57 Å². The van der Waals surface area contributed by atoms with Crippen molar-refractivity contribution in [3.63, 3.8) is 0 Å². The Labute approximate surface area is 130 Å². The van der Waals surface area contributed by atoms with E-state index in [1.165, 1.54) is 25.3 Å². The van der Waals surface area contributed by atoms with Gasteiger partial charge in [0.1, 0.15) is 12.6 Å². The van der Waals surface area contributed by atoms with Crippen LogP contribution in [-0.2, 0) is 20.9 Å². The predicted molar refractivity (Wildman–Crippen MR) is 77.1 cm³/mol. The van der Waals surface area contributed by atoms with Crippen molar-refractivity contribution in [3.8, 4) is 0 Å². The van der Waals surface area contributed by atoms with Crippen LogP contribution in [0.4, 0.5) is 0 Å². The fourth-order valence-electron chi connectivity index (χ4n) is 1.85. The zero-order valence-corrected chi connectivity index (χ0v) is 12.3. The number of aromatic nitrogens is 1. The topological polar surface area (TPSA) is 143 Å². The molecule has 0 aromatic carbocycles. The second kappa shape index (κ2) is 7.87. The first-order valence-electron chi connectivity index (χ1n) is 6.66. The number of aliphatic carboxylic acids is 2. The number of hydrogen-bond donors (Lipinski definition) is 3. The van der Waals surface area contributed by atoms with Crippen molar-refractivity contribution >= 4 is 23.6 Å². The van der Waals surface area contributed by atoms with Crippen LogP contribution in [0, 0.1) is 0 Å². The number of carbonyl (C=O) groups excluding carboxylic acids is 2. The molecular weight excluding hydrogens is 308 g/mol. The lowest BCUT2D eigenvalue weighted by Crippen LogP contribution is -2.43. The molecule has 0 fully saturated rings. The van der Waals surface area contributed by atoms with E-state index >= 15 is 0 Å². The van der Waals surface area contributed by atoms with Crippen LogP contribution in [0.25, 0.3) is 0 Å². The summed E-state index contributed by atoms with van der Waals surface area (Å²) in [5.74, 6) is -3.78. The highest BCUT2D eigenvalue weighted by Crippen LogP contribution is 1.99. The quantitative estimate of drug-likeness (QED) is 0.546. The summed E-state index contributed by atoms with van der Waals surface area (Å²) in [6.07, 6.45) is 0.594. The SMILES string of the molecule is CC(=O)c1cccn(CC(=O)N[C@@H](CCC(=O)O)C(=O)O)c1=O. The van der Waals surface area contributed by atoms with Crippen LogP contribution < -0.4 is 10.9 Å². The maximum Gasteiger partial charge on any atom is 0.326 e. The maximum absolute atomic E-state index is 11.9. The summed E-state index contributed by atoms with van der Waals surface area (Å²) in [6, 6.07) is 1.38. The van der Waals surface area contributed by atoms with Crippen LogP contribution >= 0.6 is 0 Å². The Balaban J connectivity index is 2.81. The summed E-state index contributed by atoms with van der Waals surface area (Å²) in [6.45, 7) is 0.740. The molecule has 9 nitrogen and oxygen atoms in total. The molecule has 1 aromatic heterocycles.